The first-order chi connectivity index (χ1) is 6.56. The number of hydrogen-bond donors (Lipinski definition) is 0. The van der Waals surface area contributed by atoms with Crippen LogP contribution in [-0.4, -0.2) is 19.4 Å². The standard InChI is InChI=1S/C10H15F3O/c1-2-8-14-9-6-4-3-5-7-10(11,12)13/h2-4,6,8-9H2,1H3. The maximum Gasteiger partial charge on any atom is 0.457 e. The Labute approximate surface area is 82.6 Å². The summed E-state index contributed by atoms with van der Waals surface area (Å²) in [6.07, 6.45) is -1.67. The van der Waals surface area contributed by atoms with Crippen molar-refractivity contribution < 1.29 is 17.9 Å². The molecular weight excluding hydrogens is 193 g/mol. The van der Waals surface area contributed by atoms with Gasteiger partial charge < -0.3 is 4.74 Å². The number of rotatable bonds is 6. The lowest BCUT2D eigenvalue weighted by Crippen LogP contribution is -2.01. The fourth-order valence-electron chi connectivity index (χ4n) is 0.827. The predicted octanol–water partition coefficient (Wildman–Crippen LogP) is 3.15. The maximum atomic E-state index is 11.5. The summed E-state index contributed by atoms with van der Waals surface area (Å²) in [5, 5.41) is 0. The highest BCUT2D eigenvalue weighted by Crippen LogP contribution is 2.12. The molecule has 0 radical (unpaired) electrons. The van der Waals surface area contributed by atoms with Crippen LogP contribution in [-0.2, 0) is 4.74 Å². The topological polar surface area (TPSA) is 9.23 Å². The SMILES string of the molecule is CCCOCCCCC#CC(F)(F)F. The third kappa shape index (κ3) is 11.3. The minimum Gasteiger partial charge on any atom is -0.381 e. The van der Waals surface area contributed by atoms with Crippen LogP contribution >= 0.6 is 0 Å². The highest BCUT2D eigenvalue weighted by Gasteiger charge is 2.22. The Morgan fingerprint density at radius 2 is 1.86 bits per heavy atom. The van der Waals surface area contributed by atoms with E-state index in [1.165, 1.54) is 5.92 Å². The van der Waals surface area contributed by atoms with Crippen LogP contribution in [0.5, 0.6) is 0 Å². The highest BCUT2D eigenvalue weighted by atomic mass is 19.4. The van der Waals surface area contributed by atoms with Gasteiger partial charge in [0.1, 0.15) is 0 Å². The van der Waals surface area contributed by atoms with Gasteiger partial charge in [-0.15, -0.1) is 0 Å². The summed E-state index contributed by atoms with van der Waals surface area (Å²) in [6, 6.07) is 0. The van der Waals surface area contributed by atoms with Gasteiger partial charge in [0.2, 0.25) is 0 Å². The van der Waals surface area contributed by atoms with Crippen LogP contribution in [0.4, 0.5) is 13.2 Å². The second-order valence-corrected chi connectivity index (χ2v) is 2.87. The highest BCUT2D eigenvalue weighted by molar-refractivity contribution is 5.04. The van der Waals surface area contributed by atoms with Crippen LogP contribution < -0.4 is 0 Å². The maximum absolute atomic E-state index is 11.5. The quantitative estimate of drug-likeness (QED) is 0.481. The first-order valence-corrected chi connectivity index (χ1v) is 4.70. The number of unbranched alkanes of at least 4 members (excludes halogenated alkanes) is 2. The normalized spacial score (nSPS) is 10.9. The van der Waals surface area contributed by atoms with Gasteiger partial charge in [0, 0.05) is 25.6 Å². The minimum atomic E-state index is -4.35. The summed E-state index contributed by atoms with van der Waals surface area (Å²) in [6.45, 7) is 3.34. The van der Waals surface area contributed by atoms with Gasteiger partial charge in [-0.2, -0.15) is 13.2 Å². The summed E-state index contributed by atoms with van der Waals surface area (Å²) in [5.41, 5.74) is 0. The minimum absolute atomic E-state index is 0.287. The van der Waals surface area contributed by atoms with Crippen LogP contribution in [0.25, 0.3) is 0 Å². The Balaban J connectivity index is 3.24. The van der Waals surface area contributed by atoms with E-state index < -0.39 is 6.18 Å². The molecule has 0 amide bonds. The van der Waals surface area contributed by atoms with Crippen LogP contribution in [0.15, 0.2) is 0 Å². The third-order valence-corrected chi connectivity index (χ3v) is 1.42. The molecule has 4 heteroatoms. The summed E-state index contributed by atoms with van der Waals surface area (Å²) in [4.78, 5) is 0. The second kappa shape index (κ2) is 7.69. The molecule has 0 fully saturated rings. The van der Waals surface area contributed by atoms with E-state index in [0.29, 0.717) is 19.6 Å². The average molecular weight is 208 g/mol. The van der Waals surface area contributed by atoms with E-state index in [9.17, 15) is 13.2 Å². The summed E-state index contributed by atoms with van der Waals surface area (Å²) >= 11 is 0. The summed E-state index contributed by atoms with van der Waals surface area (Å²) in [5.74, 6) is 3.32. The fraction of sp³-hybridized carbons (Fsp3) is 0.800. The molecule has 0 saturated heterocycles. The molecule has 82 valence electrons. The molecule has 1 nitrogen and oxygen atoms in total. The van der Waals surface area contributed by atoms with Gasteiger partial charge in [-0.1, -0.05) is 12.8 Å². The van der Waals surface area contributed by atoms with Gasteiger partial charge in [0.05, 0.1) is 0 Å². The molecule has 0 atom stereocenters. The zero-order valence-corrected chi connectivity index (χ0v) is 8.28. The molecule has 0 rings (SSSR count). The average Bonchev–Trinajstić information content (AvgIpc) is 2.08. The molecule has 0 aromatic heterocycles. The summed E-state index contributed by atoms with van der Waals surface area (Å²) in [7, 11) is 0. The Morgan fingerprint density at radius 3 is 2.43 bits per heavy atom. The van der Waals surface area contributed by atoms with Crippen molar-refractivity contribution in [3.05, 3.63) is 0 Å². The second-order valence-electron chi connectivity index (χ2n) is 2.87. The molecule has 0 aliphatic rings. The lowest BCUT2D eigenvalue weighted by molar-refractivity contribution is -0.0697. The summed E-state index contributed by atoms with van der Waals surface area (Å²) < 4.78 is 39.8. The molecule has 0 aliphatic carbocycles. The molecule has 0 saturated carbocycles. The molecule has 0 heterocycles. The molecule has 0 spiro atoms. The van der Waals surface area contributed by atoms with Gasteiger partial charge >= 0.3 is 6.18 Å². The molecule has 0 aromatic rings. The van der Waals surface area contributed by atoms with Crippen molar-refractivity contribution in [3.8, 4) is 11.8 Å². The van der Waals surface area contributed by atoms with Crippen molar-refractivity contribution in [2.24, 2.45) is 0 Å². The Hall–Kier alpha value is -0.690. The molecule has 0 unspecified atom stereocenters. The van der Waals surface area contributed by atoms with E-state index in [1.54, 1.807) is 0 Å². The Kier molecular flexibility index (Phi) is 7.31. The number of halogens is 3. The van der Waals surface area contributed by atoms with Crippen molar-refractivity contribution >= 4 is 0 Å². The van der Waals surface area contributed by atoms with Crippen molar-refractivity contribution in [1.82, 2.24) is 0 Å². The van der Waals surface area contributed by atoms with E-state index in [2.05, 4.69) is 5.92 Å². The zero-order valence-electron chi connectivity index (χ0n) is 8.28. The lowest BCUT2D eigenvalue weighted by Gasteiger charge is -1.99. The number of hydrogen-bond acceptors (Lipinski definition) is 1. The van der Waals surface area contributed by atoms with Crippen LogP contribution in [0, 0.1) is 11.8 Å². The van der Waals surface area contributed by atoms with E-state index in [0.717, 1.165) is 12.8 Å². The van der Waals surface area contributed by atoms with Crippen molar-refractivity contribution in [2.45, 2.75) is 38.8 Å². The Bertz CT molecular complexity index is 188. The van der Waals surface area contributed by atoms with Gasteiger partial charge in [-0.05, 0) is 19.3 Å². The van der Waals surface area contributed by atoms with Gasteiger partial charge in [-0.25, -0.2) is 0 Å². The first kappa shape index (κ1) is 13.3. The van der Waals surface area contributed by atoms with Crippen molar-refractivity contribution in [2.75, 3.05) is 13.2 Å². The molecule has 0 aliphatic heterocycles. The molecule has 14 heavy (non-hydrogen) atoms. The van der Waals surface area contributed by atoms with Crippen molar-refractivity contribution in [1.29, 1.82) is 0 Å². The van der Waals surface area contributed by atoms with Crippen LogP contribution in [0.3, 0.4) is 0 Å². The van der Waals surface area contributed by atoms with Crippen LogP contribution in [0.1, 0.15) is 32.6 Å². The van der Waals surface area contributed by atoms with Gasteiger partial charge in [-0.3, -0.25) is 0 Å². The smallest absolute Gasteiger partial charge is 0.381 e. The fourth-order valence-corrected chi connectivity index (χ4v) is 0.827. The van der Waals surface area contributed by atoms with E-state index in [4.69, 9.17) is 4.74 Å². The zero-order chi connectivity index (χ0) is 10.9. The predicted molar refractivity (Wildman–Crippen MR) is 48.8 cm³/mol. The molecule has 0 aromatic carbocycles. The van der Waals surface area contributed by atoms with Crippen molar-refractivity contribution in [3.63, 3.8) is 0 Å². The van der Waals surface area contributed by atoms with E-state index in [-0.39, 0.29) is 6.42 Å². The molecule has 0 bridgehead atoms. The molecule has 0 N–H and O–H groups in total. The van der Waals surface area contributed by atoms with Gasteiger partial charge in [0.15, 0.2) is 0 Å². The van der Waals surface area contributed by atoms with Gasteiger partial charge in [0.25, 0.3) is 0 Å². The Morgan fingerprint density at radius 1 is 1.14 bits per heavy atom. The lowest BCUT2D eigenvalue weighted by atomic mass is 10.2. The van der Waals surface area contributed by atoms with Crippen LogP contribution in [0.2, 0.25) is 0 Å². The largest absolute Gasteiger partial charge is 0.457 e. The third-order valence-electron chi connectivity index (χ3n) is 1.42. The number of alkyl halides is 3. The monoisotopic (exact) mass is 208 g/mol. The molecular formula is C10H15F3O. The van der Waals surface area contributed by atoms with E-state index in [1.807, 2.05) is 6.92 Å². The van der Waals surface area contributed by atoms with E-state index >= 15 is 0 Å². The first-order valence-electron chi connectivity index (χ1n) is 4.70. The number of ether oxygens (including phenoxy) is 1.